The van der Waals surface area contributed by atoms with Crippen LogP contribution in [0, 0.1) is 37.5 Å². The highest BCUT2D eigenvalue weighted by Gasteiger charge is 2.36. The van der Waals surface area contributed by atoms with Crippen LogP contribution in [-0.2, 0) is 42.5 Å². The first kappa shape index (κ1) is 47.5. The molecule has 0 aliphatic heterocycles. The minimum Gasteiger partial charge on any atom is -0.393 e. The lowest BCUT2D eigenvalue weighted by Crippen LogP contribution is -2.24. The molecular weight excluding hydrogens is 693 g/mol. The number of aromatic nitrogens is 1. The number of carbonyl (C=O) groups excluding carboxylic acids is 4. The summed E-state index contributed by atoms with van der Waals surface area (Å²) in [7, 11) is -2.41. The summed E-state index contributed by atoms with van der Waals surface area (Å²) in [5.41, 5.74) is 2.18. The first-order valence-electron chi connectivity index (χ1n) is 13.7. The summed E-state index contributed by atoms with van der Waals surface area (Å²) in [4.78, 5) is 36.7. The van der Waals surface area contributed by atoms with Gasteiger partial charge in [0.15, 0.2) is 0 Å². The van der Waals surface area contributed by atoms with E-state index in [-0.39, 0.29) is 30.4 Å². The number of aliphatic hydroxyl groups excluding tert-OH is 1. The monoisotopic (exact) mass is 735 g/mol. The molecule has 1 aromatic rings. The number of aryl methyl sites for hydroxylation is 2. The molecule has 0 saturated heterocycles. The number of nitrogens with zero attached hydrogens (tertiary/aromatic N) is 1. The molecule has 0 radical (unpaired) electrons. The molecule has 1 heterocycles. The third kappa shape index (κ3) is 25.9. The number of allylic oxidation sites excluding steroid dienone is 2. The van der Waals surface area contributed by atoms with Crippen LogP contribution in [0.5, 0.6) is 0 Å². The van der Waals surface area contributed by atoms with Crippen LogP contribution < -0.4 is 0 Å². The highest BCUT2D eigenvalue weighted by molar-refractivity contribution is 8.14. The molecule has 258 valence electrons. The van der Waals surface area contributed by atoms with Crippen LogP contribution in [0.25, 0.3) is 0 Å². The summed E-state index contributed by atoms with van der Waals surface area (Å²) in [5, 5.41) is 8.45. The summed E-state index contributed by atoms with van der Waals surface area (Å²) in [5.74, 6) is 1.91. The Morgan fingerprint density at radius 2 is 1.27 bits per heavy atom. The second-order valence-electron chi connectivity index (χ2n) is 10.1. The number of rotatable bonds is 8. The molecule has 0 bridgehead atoms. The van der Waals surface area contributed by atoms with Gasteiger partial charge in [-0.25, -0.2) is 8.42 Å². The van der Waals surface area contributed by atoms with Crippen LogP contribution in [0.4, 0.5) is 0 Å². The molecule has 45 heavy (non-hydrogen) atoms. The van der Waals surface area contributed by atoms with E-state index in [1.807, 2.05) is 44.2 Å². The minimum absolute atomic E-state index is 0.0620. The fourth-order valence-electron chi connectivity index (χ4n) is 4.63. The van der Waals surface area contributed by atoms with Gasteiger partial charge in [0.25, 0.3) is 10.1 Å². The lowest BCUT2D eigenvalue weighted by atomic mass is 9.93. The van der Waals surface area contributed by atoms with Crippen molar-refractivity contribution >= 4 is 65.4 Å². The van der Waals surface area contributed by atoms with E-state index in [0.29, 0.717) is 17.8 Å². The predicted molar refractivity (Wildman–Crippen MR) is 173 cm³/mol. The van der Waals surface area contributed by atoms with E-state index in [9.17, 15) is 21.9 Å². The maximum Gasteiger partial charge on any atom is 0.373 e. The van der Waals surface area contributed by atoms with Gasteiger partial charge in [0.05, 0.1) is 12.2 Å². The number of alkyl halides is 2. The Morgan fingerprint density at radius 3 is 1.58 bits per heavy atom. The molecule has 1 aromatic heterocycles. The highest BCUT2D eigenvalue weighted by Crippen LogP contribution is 2.37. The van der Waals surface area contributed by atoms with Crippen molar-refractivity contribution in [3.63, 3.8) is 0 Å². The molecule has 2 saturated carbocycles. The van der Waals surface area contributed by atoms with Crippen molar-refractivity contribution in [3.05, 3.63) is 54.9 Å². The van der Waals surface area contributed by atoms with Crippen molar-refractivity contribution in [1.29, 1.82) is 0 Å². The van der Waals surface area contributed by atoms with Crippen LogP contribution in [-0.4, -0.2) is 61.9 Å². The Morgan fingerprint density at radius 1 is 0.867 bits per heavy atom. The molecule has 2 fully saturated rings. The number of halogens is 3. The summed E-state index contributed by atoms with van der Waals surface area (Å²) >= 11 is 10.1. The molecule has 2 aliphatic rings. The molecule has 2 aliphatic carbocycles. The number of hydrogen-bond acceptors (Lipinski definition) is 11. The average molecular weight is 737 g/mol. The molecule has 11 nitrogen and oxygen atoms in total. The van der Waals surface area contributed by atoms with E-state index in [2.05, 4.69) is 42.7 Å². The lowest BCUT2D eigenvalue weighted by Gasteiger charge is -2.20. The standard InChI is InChI=1S/C10H17ClO3S.C9H16O.C7H9N.CH2Cl2O2S.2CO2/c1-3-4-9-8(2)5-6-10(9)14-15(12,13)7-11;1-3-4-8-7(2)5-6-9(8)10;1-6-4-3-5-7(2)8-6;2-1-6(3,4)5;2*2-1-3/h3,8-10H,1,4-7H2,2H3;3,7-10H,1,4-6H2,2H3;3-5H,1-2H3;1H2;;/t8-,9-,10+;7-,8-,9+;;;;/m00..../s1. The first-order chi connectivity index (χ1) is 20.9. The van der Waals surface area contributed by atoms with Crippen molar-refractivity contribution in [2.45, 2.75) is 78.4 Å². The summed E-state index contributed by atoms with van der Waals surface area (Å²) in [6.07, 6.45) is 9.67. The molecule has 3 rings (SSSR count). The zero-order valence-corrected chi connectivity index (χ0v) is 29.8. The predicted octanol–water partition coefficient (Wildman–Crippen LogP) is 5.77. The maximum atomic E-state index is 11.2. The van der Waals surface area contributed by atoms with Crippen molar-refractivity contribution in [1.82, 2.24) is 4.98 Å². The van der Waals surface area contributed by atoms with E-state index >= 15 is 0 Å². The van der Waals surface area contributed by atoms with Gasteiger partial charge < -0.3 is 5.11 Å². The minimum atomic E-state index is -3.55. The number of hydrogen-bond donors (Lipinski definition) is 1. The van der Waals surface area contributed by atoms with Crippen molar-refractivity contribution in [3.8, 4) is 0 Å². The summed E-state index contributed by atoms with van der Waals surface area (Å²) in [6, 6.07) is 6.00. The summed E-state index contributed by atoms with van der Waals surface area (Å²) < 4.78 is 46.8. The summed E-state index contributed by atoms with van der Waals surface area (Å²) in [6.45, 7) is 15.7. The molecule has 0 amide bonds. The third-order valence-corrected chi connectivity index (χ3v) is 10.1. The molecule has 0 aromatic carbocycles. The second-order valence-corrected chi connectivity index (χ2v) is 15.6. The van der Waals surface area contributed by atoms with E-state index in [1.165, 1.54) is 6.42 Å². The van der Waals surface area contributed by atoms with Gasteiger partial charge in [-0.2, -0.15) is 27.6 Å². The lowest BCUT2D eigenvalue weighted by molar-refractivity contribution is -0.193. The van der Waals surface area contributed by atoms with E-state index < -0.39 is 29.6 Å². The Hall–Kier alpha value is -1.92. The van der Waals surface area contributed by atoms with Gasteiger partial charge >= 0.3 is 12.3 Å². The molecule has 0 spiro atoms. The third-order valence-electron chi connectivity index (χ3n) is 6.70. The van der Waals surface area contributed by atoms with Gasteiger partial charge in [-0.05, 0) is 88.2 Å². The van der Waals surface area contributed by atoms with Gasteiger partial charge in [-0.1, -0.05) is 32.1 Å². The van der Waals surface area contributed by atoms with Crippen LogP contribution in [0.3, 0.4) is 0 Å². The van der Waals surface area contributed by atoms with Crippen LogP contribution >= 0.6 is 33.9 Å². The number of aliphatic hydroxyl groups is 1. The highest BCUT2D eigenvalue weighted by atomic mass is 35.7. The Balaban J connectivity index is -0.000000515. The zero-order valence-electron chi connectivity index (χ0n) is 25.9. The average Bonchev–Trinajstić information content (AvgIpc) is 3.46. The van der Waals surface area contributed by atoms with E-state index in [0.717, 1.165) is 43.5 Å². The molecule has 16 heteroatoms. The number of pyridine rings is 1. The van der Waals surface area contributed by atoms with Crippen LogP contribution in [0.1, 0.15) is 63.8 Å². The largest absolute Gasteiger partial charge is 0.393 e. The SMILES string of the molecule is C=CC[C@@H]1[C@H](O)CC[C@@H]1C.C=CC[C@H]1[C@@H](C)CC[C@H]1OS(=O)(=O)CCl.Cc1cccc(C)n1.O=C=O.O=C=O.O=S(=O)(Cl)CCl. The fraction of sp³-hybridized carbons (Fsp3) is 0.621. The Bertz CT molecular complexity index is 1210. The normalized spacial score (nSPS) is 23.0. The van der Waals surface area contributed by atoms with Crippen molar-refractivity contribution < 1.29 is 45.3 Å². The molecular formula is C29H44Cl3NO10S2. The van der Waals surface area contributed by atoms with Gasteiger partial charge in [0.1, 0.15) is 10.4 Å². The molecule has 1 N–H and O–H groups in total. The van der Waals surface area contributed by atoms with Gasteiger partial charge in [-0.3, -0.25) is 9.17 Å². The quantitative estimate of drug-likeness (QED) is 0.148. The molecule has 6 atom stereocenters. The van der Waals surface area contributed by atoms with Crippen LogP contribution in [0.15, 0.2) is 43.5 Å². The van der Waals surface area contributed by atoms with E-state index in [1.54, 1.807) is 0 Å². The van der Waals surface area contributed by atoms with Gasteiger partial charge in [0.2, 0.25) is 9.05 Å². The Labute approximate surface area is 281 Å². The van der Waals surface area contributed by atoms with Gasteiger partial charge in [0, 0.05) is 22.1 Å². The maximum absolute atomic E-state index is 11.2. The van der Waals surface area contributed by atoms with Gasteiger partial charge in [-0.15, -0.1) is 36.4 Å². The topological polar surface area (TPSA) is 179 Å². The zero-order chi connectivity index (χ0) is 35.6. The van der Waals surface area contributed by atoms with Crippen molar-refractivity contribution in [2.24, 2.45) is 23.7 Å². The van der Waals surface area contributed by atoms with Crippen LogP contribution in [0.2, 0.25) is 0 Å². The molecule has 0 unspecified atom stereocenters. The second kappa shape index (κ2) is 27.2. The van der Waals surface area contributed by atoms with Crippen molar-refractivity contribution in [2.75, 3.05) is 10.4 Å². The first-order valence-corrected chi connectivity index (χ1v) is 18.8. The van der Waals surface area contributed by atoms with E-state index in [4.69, 9.17) is 46.6 Å². The fourth-order valence-corrected chi connectivity index (χ4v) is 5.46. The smallest absolute Gasteiger partial charge is 0.373 e. The Kier molecular flexibility index (Phi) is 28.7.